The molecule has 0 N–H and O–H groups in total. The largest absolute Gasteiger partial charge is 0.401 e. The standard InChI is InChI=1S/C22H22F3NO/c23-22(24,25)15-26-11-12-27-18(14-26)13-21-19-7-3-1-5-16(19)9-10-17-6-2-4-8-20(17)21/h1-8,13,18H,9-12,14-15H2. The van der Waals surface area contributed by atoms with E-state index < -0.39 is 12.7 Å². The summed E-state index contributed by atoms with van der Waals surface area (Å²) in [6.07, 6.45) is -0.607. The molecule has 0 amide bonds. The molecule has 4 rings (SSSR count). The van der Waals surface area contributed by atoms with Gasteiger partial charge in [-0.3, -0.25) is 4.90 Å². The molecule has 1 aliphatic carbocycles. The Morgan fingerprint density at radius 2 is 1.56 bits per heavy atom. The number of aryl methyl sites for hydroxylation is 2. The minimum atomic E-state index is -4.18. The van der Waals surface area contributed by atoms with Crippen molar-refractivity contribution in [3.8, 4) is 0 Å². The molecule has 5 heteroatoms. The highest BCUT2D eigenvalue weighted by Gasteiger charge is 2.33. The van der Waals surface area contributed by atoms with Gasteiger partial charge in [0.1, 0.15) is 0 Å². The molecule has 142 valence electrons. The van der Waals surface area contributed by atoms with Gasteiger partial charge in [0.25, 0.3) is 0 Å². The molecular formula is C22H22F3NO. The van der Waals surface area contributed by atoms with Crippen molar-refractivity contribution in [2.75, 3.05) is 26.2 Å². The van der Waals surface area contributed by atoms with E-state index in [1.807, 2.05) is 30.3 Å². The van der Waals surface area contributed by atoms with Crippen LogP contribution in [-0.4, -0.2) is 43.4 Å². The average molecular weight is 373 g/mol. The second-order valence-corrected chi connectivity index (χ2v) is 7.15. The maximum absolute atomic E-state index is 12.8. The Balaban J connectivity index is 1.69. The molecule has 2 aromatic rings. The van der Waals surface area contributed by atoms with Gasteiger partial charge in [0.2, 0.25) is 0 Å². The van der Waals surface area contributed by atoms with Gasteiger partial charge in [0, 0.05) is 13.1 Å². The molecular weight excluding hydrogens is 351 g/mol. The van der Waals surface area contributed by atoms with Crippen LogP contribution in [0.3, 0.4) is 0 Å². The number of halogens is 3. The Morgan fingerprint density at radius 1 is 0.963 bits per heavy atom. The van der Waals surface area contributed by atoms with Crippen molar-refractivity contribution in [3.63, 3.8) is 0 Å². The van der Waals surface area contributed by atoms with Gasteiger partial charge in [0.15, 0.2) is 0 Å². The molecule has 1 unspecified atom stereocenters. The van der Waals surface area contributed by atoms with Crippen LogP contribution >= 0.6 is 0 Å². The number of hydrogen-bond acceptors (Lipinski definition) is 2. The van der Waals surface area contributed by atoms with Crippen molar-refractivity contribution in [1.29, 1.82) is 0 Å². The number of benzene rings is 2. The van der Waals surface area contributed by atoms with Crippen LogP contribution in [0.1, 0.15) is 22.3 Å². The number of morpholine rings is 1. The van der Waals surface area contributed by atoms with E-state index in [1.165, 1.54) is 16.0 Å². The highest BCUT2D eigenvalue weighted by molar-refractivity contribution is 5.84. The molecule has 1 aliphatic heterocycles. The topological polar surface area (TPSA) is 12.5 Å². The lowest BCUT2D eigenvalue weighted by atomic mass is 9.92. The highest BCUT2D eigenvalue weighted by Crippen LogP contribution is 2.34. The predicted molar refractivity (Wildman–Crippen MR) is 99.6 cm³/mol. The zero-order valence-corrected chi connectivity index (χ0v) is 15.0. The summed E-state index contributed by atoms with van der Waals surface area (Å²) in [5.74, 6) is 0. The minimum absolute atomic E-state index is 0.257. The molecule has 0 radical (unpaired) electrons. The minimum Gasteiger partial charge on any atom is -0.371 e. The second-order valence-electron chi connectivity index (χ2n) is 7.15. The lowest BCUT2D eigenvalue weighted by Gasteiger charge is -2.32. The monoisotopic (exact) mass is 373 g/mol. The van der Waals surface area contributed by atoms with Crippen LogP contribution in [0.5, 0.6) is 0 Å². The Kier molecular flexibility index (Phi) is 5.06. The van der Waals surface area contributed by atoms with Crippen molar-refractivity contribution in [1.82, 2.24) is 4.90 Å². The Bertz CT molecular complexity index is 794. The van der Waals surface area contributed by atoms with E-state index in [1.54, 1.807) is 0 Å². The molecule has 2 nitrogen and oxygen atoms in total. The van der Waals surface area contributed by atoms with Crippen LogP contribution in [0.15, 0.2) is 54.6 Å². The van der Waals surface area contributed by atoms with E-state index in [-0.39, 0.29) is 12.6 Å². The lowest BCUT2D eigenvalue weighted by Crippen LogP contribution is -2.45. The van der Waals surface area contributed by atoms with Gasteiger partial charge >= 0.3 is 6.18 Å². The molecule has 1 saturated heterocycles. The summed E-state index contributed by atoms with van der Waals surface area (Å²) in [5, 5.41) is 0. The molecule has 1 atom stereocenters. The van der Waals surface area contributed by atoms with Gasteiger partial charge in [-0.15, -0.1) is 0 Å². The smallest absolute Gasteiger partial charge is 0.371 e. The molecule has 2 aliphatic rings. The van der Waals surface area contributed by atoms with E-state index in [2.05, 4.69) is 24.3 Å². The van der Waals surface area contributed by atoms with Gasteiger partial charge in [-0.2, -0.15) is 13.2 Å². The van der Waals surface area contributed by atoms with Crippen molar-refractivity contribution in [3.05, 3.63) is 76.9 Å². The molecule has 1 heterocycles. The summed E-state index contributed by atoms with van der Waals surface area (Å²) < 4.78 is 44.1. The first-order valence-electron chi connectivity index (χ1n) is 9.29. The van der Waals surface area contributed by atoms with E-state index in [0.717, 1.165) is 29.5 Å². The fraction of sp³-hybridized carbons (Fsp3) is 0.364. The molecule has 0 aromatic heterocycles. The zero-order chi connectivity index (χ0) is 18.9. The third-order valence-corrected chi connectivity index (χ3v) is 5.21. The molecule has 27 heavy (non-hydrogen) atoms. The first-order valence-corrected chi connectivity index (χ1v) is 9.29. The van der Waals surface area contributed by atoms with E-state index in [4.69, 9.17) is 4.74 Å². The van der Waals surface area contributed by atoms with Crippen LogP contribution in [0.2, 0.25) is 0 Å². The number of ether oxygens (including phenoxy) is 1. The third-order valence-electron chi connectivity index (χ3n) is 5.21. The summed E-state index contributed by atoms with van der Waals surface area (Å²) in [5.41, 5.74) is 5.90. The summed E-state index contributed by atoms with van der Waals surface area (Å²) in [4.78, 5) is 1.43. The zero-order valence-electron chi connectivity index (χ0n) is 15.0. The van der Waals surface area contributed by atoms with Crippen molar-refractivity contribution in [2.45, 2.75) is 25.1 Å². The SMILES string of the molecule is FC(F)(F)CN1CCOC(C=C2c3ccccc3CCc3ccccc32)C1. The predicted octanol–water partition coefficient (Wildman–Crippen LogP) is 4.48. The van der Waals surface area contributed by atoms with Crippen LogP contribution in [0.4, 0.5) is 13.2 Å². The van der Waals surface area contributed by atoms with Crippen molar-refractivity contribution < 1.29 is 17.9 Å². The molecule has 1 fully saturated rings. The number of fused-ring (bicyclic) bond motifs is 2. The van der Waals surface area contributed by atoms with Gasteiger partial charge in [-0.05, 0) is 46.7 Å². The van der Waals surface area contributed by atoms with Crippen LogP contribution in [0, 0.1) is 0 Å². The molecule has 0 spiro atoms. The first-order chi connectivity index (χ1) is 13.0. The van der Waals surface area contributed by atoms with E-state index >= 15 is 0 Å². The fourth-order valence-electron chi connectivity index (χ4n) is 4.01. The normalized spacial score (nSPS) is 20.6. The number of alkyl halides is 3. The Hall–Kier alpha value is -2.11. The van der Waals surface area contributed by atoms with Gasteiger partial charge in [0.05, 0.1) is 19.3 Å². The molecule has 0 saturated carbocycles. The fourth-order valence-corrected chi connectivity index (χ4v) is 4.01. The second kappa shape index (κ2) is 7.49. The Labute approximate surface area is 157 Å². The van der Waals surface area contributed by atoms with E-state index in [0.29, 0.717) is 13.2 Å². The summed E-state index contributed by atoms with van der Waals surface area (Å²) in [6.45, 7) is -0.00325. The van der Waals surface area contributed by atoms with Gasteiger partial charge in [-0.1, -0.05) is 48.5 Å². The van der Waals surface area contributed by atoms with Gasteiger partial charge in [-0.25, -0.2) is 0 Å². The lowest BCUT2D eigenvalue weighted by molar-refractivity contribution is -0.156. The van der Waals surface area contributed by atoms with Crippen LogP contribution in [0.25, 0.3) is 5.57 Å². The van der Waals surface area contributed by atoms with Crippen LogP contribution < -0.4 is 0 Å². The van der Waals surface area contributed by atoms with E-state index in [9.17, 15) is 13.2 Å². The number of nitrogens with zero attached hydrogens (tertiary/aromatic N) is 1. The summed E-state index contributed by atoms with van der Waals surface area (Å²) in [6, 6.07) is 16.6. The Morgan fingerprint density at radius 3 is 2.15 bits per heavy atom. The first kappa shape index (κ1) is 18.3. The van der Waals surface area contributed by atoms with Gasteiger partial charge < -0.3 is 4.74 Å². The number of rotatable bonds is 2. The quantitative estimate of drug-likeness (QED) is 0.770. The maximum atomic E-state index is 12.8. The average Bonchev–Trinajstić information content (AvgIpc) is 2.79. The maximum Gasteiger partial charge on any atom is 0.401 e. The number of hydrogen-bond donors (Lipinski definition) is 0. The highest BCUT2D eigenvalue weighted by atomic mass is 19.4. The molecule has 0 bridgehead atoms. The summed E-state index contributed by atoms with van der Waals surface area (Å²) in [7, 11) is 0. The molecule has 2 aromatic carbocycles. The van der Waals surface area contributed by atoms with Crippen molar-refractivity contribution in [2.24, 2.45) is 0 Å². The van der Waals surface area contributed by atoms with Crippen LogP contribution in [-0.2, 0) is 17.6 Å². The van der Waals surface area contributed by atoms with Crippen molar-refractivity contribution >= 4 is 5.57 Å². The third kappa shape index (κ3) is 4.25. The summed E-state index contributed by atoms with van der Waals surface area (Å²) >= 11 is 0.